The molecule has 0 fully saturated rings. The van der Waals surface area contributed by atoms with E-state index >= 15 is 0 Å². The van der Waals surface area contributed by atoms with Gasteiger partial charge >= 0.3 is 0 Å². The molecule has 0 aliphatic heterocycles. The highest BCUT2D eigenvalue weighted by Gasteiger charge is 2.04. The van der Waals surface area contributed by atoms with Crippen molar-refractivity contribution >= 4 is 12.0 Å². The fourth-order valence-corrected chi connectivity index (χ4v) is 1.26. The van der Waals surface area contributed by atoms with Crippen LogP contribution in [0.4, 0.5) is 0 Å². The van der Waals surface area contributed by atoms with Gasteiger partial charge in [-0.2, -0.15) is 0 Å². The Labute approximate surface area is 105 Å². The predicted octanol–water partition coefficient (Wildman–Crippen LogP) is 1.78. The van der Waals surface area contributed by atoms with Gasteiger partial charge in [0.25, 0.3) is 5.91 Å². The van der Waals surface area contributed by atoms with Gasteiger partial charge in [-0.1, -0.05) is 18.7 Å². The Kier molecular flexibility index (Phi) is 5.47. The molecule has 5 nitrogen and oxygen atoms in total. The minimum atomic E-state index is -0.596. The number of amides is 1. The van der Waals surface area contributed by atoms with E-state index in [1.165, 1.54) is 18.7 Å². The van der Waals surface area contributed by atoms with Gasteiger partial charge in [0.05, 0.1) is 7.11 Å². The molecular formula is C13H15NO4. The number of nitrogens with one attached hydrogen (secondary N) is 1. The number of ether oxygens (including phenoxy) is 2. The van der Waals surface area contributed by atoms with Gasteiger partial charge in [0.2, 0.25) is 0 Å². The Hall–Kier alpha value is -2.27. The number of hydroxylamine groups is 1. The number of rotatable bonds is 6. The predicted molar refractivity (Wildman–Crippen MR) is 67.6 cm³/mol. The molecule has 0 saturated heterocycles. The summed E-state index contributed by atoms with van der Waals surface area (Å²) in [5, 5.41) is 8.35. The van der Waals surface area contributed by atoms with Gasteiger partial charge < -0.3 is 9.47 Å². The SMILES string of the molecule is C=CCOc1ccc(C=CC(=O)NO)cc1OC. The van der Waals surface area contributed by atoms with Crippen molar-refractivity contribution in [2.75, 3.05) is 13.7 Å². The molecule has 18 heavy (non-hydrogen) atoms. The van der Waals surface area contributed by atoms with Crippen molar-refractivity contribution in [2.45, 2.75) is 0 Å². The lowest BCUT2D eigenvalue weighted by atomic mass is 10.2. The van der Waals surface area contributed by atoms with Crippen LogP contribution in [0.2, 0.25) is 0 Å². The van der Waals surface area contributed by atoms with Crippen molar-refractivity contribution in [2.24, 2.45) is 0 Å². The molecule has 0 saturated carbocycles. The van der Waals surface area contributed by atoms with Crippen molar-refractivity contribution in [3.8, 4) is 11.5 Å². The highest BCUT2D eigenvalue weighted by molar-refractivity contribution is 5.90. The molecule has 0 spiro atoms. The Morgan fingerprint density at radius 3 is 2.89 bits per heavy atom. The number of hydrogen-bond acceptors (Lipinski definition) is 4. The first kappa shape index (κ1) is 13.8. The van der Waals surface area contributed by atoms with Crippen molar-refractivity contribution in [1.29, 1.82) is 0 Å². The Balaban J connectivity index is 2.87. The zero-order valence-corrected chi connectivity index (χ0v) is 10.1. The lowest BCUT2D eigenvalue weighted by molar-refractivity contribution is -0.124. The summed E-state index contributed by atoms with van der Waals surface area (Å²) in [4.78, 5) is 10.8. The third-order valence-corrected chi connectivity index (χ3v) is 2.08. The smallest absolute Gasteiger partial charge is 0.267 e. The lowest BCUT2D eigenvalue weighted by Gasteiger charge is -2.09. The average molecular weight is 249 g/mol. The molecule has 1 aromatic rings. The van der Waals surface area contributed by atoms with Gasteiger partial charge in [-0.3, -0.25) is 10.0 Å². The van der Waals surface area contributed by atoms with E-state index in [4.69, 9.17) is 14.7 Å². The second kappa shape index (κ2) is 7.13. The Bertz CT molecular complexity index is 454. The number of hydrogen-bond donors (Lipinski definition) is 2. The summed E-state index contributed by atoms with van der Waals surface area (Å²) in [6.45, 7) is 3.95. The largest absolute Gasteiger partial charge is 0.493 e. The van der Waals surface area contributed by atoms with E-state index in [1.807, 2.05) is 0 Å². The van der Waals surface area contributed by atoms with Gasteiger partial charge in [-0.05, 0) is 23.8 Å². The van der Waals surface area contributed by atoms with Crippen LogP contribution in [0.3, 0.4) is 0 Å². The first-order valence-corrected chi connectivity index (χ1v) is 5.25. The van der Waals surface area contributed by atoms with Crippen LogP contribution in [0.5, 0.6) is 11.5 Å². The molecule has 0 aliphatic rings. The molecule has 1 amide bonds. The van der Waals surface area contributed by atoms with Crippen molar-refractivity contribution in [1.82, 2.24) is 5.48 Å². The molecular weight excluding hydrogens is 234 g/mol. The lowest BCUT2D eigenvalue weighted by Crippen LogP contribution is -2.14. The summed E-state index contributed by atoms with van der Waals surface area (Å²) in [7, 11) is 1.53. The summed E-state index contributed by atoms with van der Waals surface area (Å²) in [6, 6.07) is 5.22. The van der Waals surface area contributed by atoms with Gasteiger partial charge in [0, 0.05) is 6.08 Å². The maximum Gasteiger partial charge on any atom is 0.267 e. The van der Waals surface area contributed by atoms with Crippen molar-refractivity contribution in [3.63, 3.8) is 0 Å². The zero-order valence-electron chi connectivity index (χ0n) is 10.1. The summed E-state index contributed by atoms with van der Waals surface area (Å²) >= 11 is 0. The molecule has 0 unspecified atom stereocenters. The fraction of sp³-hybridized carbons (Fsp3) is 0.154. The minimum Gasteiger partial charge on any atom is -0.493 e. The molecule has 5 heteroatoms. The van der Waals surface area contributed by atoms with E-state index in [1.54, 1.807) is 30.4 Å². The van der Waals surface area contributed by atoms with Gasteiger partial charge in [-0.15, -0.1) is 0 Å². The summed E-state index contributed by atoms with van der Waals surface area (Å²) in [6.07, 6.45) is 4.39. The van der Waals surface area contributed by atoms with Crippen LogP contribution in [0.15, 0.2) is 36.9 Å². The van der Waals surface area contributed by atoms with E-state index in [0.29, 0.717) is 18.1 Å². The van der Waals surface area contributed by atoms with Crippen LogP contribution in [0.25, 0.3) is 6.08 Å². The first-order chi connectivity index (χ1) is 8.71. The molecule has 1 aromatic carbocycles. The van der Waals surface area contributed by atoms with Crippen LogP contribution in [-0.2, 0) is 4.79 Å². The molecule has 0 atom stereocenters. The Morgan fingerprint density at radius 1 is 1.50 bits per heavy atom. The molecule has 0 heterocycles. The second-order valence-electron chi connectivity index (χ2n) is 3.32. The standard InChI is InChI=1S/C13H15NO4/c1-3-8-18-11-6-4-10(9-12(11)17-2)5-7-13(15)14-16/h3-7,9,16H,1,8H2,2H3,(H,14,15). The molecule has 0 aliphatic carbocycles. The average Bonchev–Trinajstić information content (AvgIpc) is 2.42. The number of carbonyl (C=O) groups is 1. The normalized spacial score (nSPS) is 10.1. The van der Waals surface area contributed by atoms with Gasteiger partial charge in [-0.25, -0.2) is 5.48 Å². The minimum absolute atomic E-state index is 0.387. The van der Waals surface area contributed by atoms with Crippen LogP contribution in [0, 0.1) is 0 Å². The van der Waals surface area contributed by atoms with E-state index in [9.17, 15) is 4.79 Å². The highest BCUT2D eigenvalue weighted by Crippen LogP contribution is 2.28. The molecule has 1 rings (SSSR count). The molecule has 2 N–H and O–H groups in total. The third kappa shape index (κ3) is 3.95. The molecule has 96 valence electrons. The quantitative estimate of drug-likeness (QED) is 0.349. The summed E-state index contributed by atoms with van der Waals surface area (Å²) < 4.78 is 10.6. The second-order valence-corrected chi connectivity index (χ2v) is 3.32. The summed E-state index contributed by atoms with van der Waals surface area (Å²) in [5.74, 6) is 0.561. The molecule has 0 bridgehead atoms. The number of benzene rings is 1. The molecule has 0 radical (unpaired) electrons. The monoisotopic (exact) mass is 249 g/mol. The Morgan fingerprint density at radius 2 is 2.28 bits per heavy atom. The van der Waals surface area contributed by atoms with E-state index < -0.39 is 5.91 Å². The zero-order chi connectivity index (χ0) is 13.4. The maximum absolute atomic E-state index is 10.8. The fourth-order valence-electron chi connectivity index (χ4n) is 1.26. The van der Waals surface area contributed by atoms with Crippen molar-refractivity contribution in [3.05, 3.63) is 42.5 Å². The van der Waals surface area contributed by atoms with E-state index in [-0.39, 0.29) is 0 Å². The number of carbonyl (C=O) groups excluding carboxylic acids is 1. The van der Waals surface area contributed by atoms with E-state index in [2.05, 4.69) is 6.58 Å². The van der Waals surface area contributed by atoms with Crippen LogP contribution < -0.4 is 15.0 Å². The number of methoxy groups -OCH3 is 1. The van der Waals surface area contributed by atoms with Gasteiger partial charge in [0.1, 0.15) is 6.61 Å². The van der Waals surface area contributed by atoms with E-state index in [0.717, 1.165) is 5.56 Å². The highest BCUT2D eigenvalue weighted by atomic mass is 16.5. The molecule has 0 aromatic heterocycles. The van der Waals surface area contributed by atoms with Crippen LogP contribution in [0.1, 0.15) is 5.56 Å². The third-order valence-electron chi connectivity index (χ3n) is 2.08. The first-order valence-electron chi connectivity index (χ1n) is 5.25. The van der Waals surface area contributed by atoms with Crippen LogP contribution >= 0.6 is 0 Å². The summed E-state index contributed by atoms with van der Waals surface area (Å²) in [5.41, 5.74) is 2.26. The van der Waals surface area contributed by atoms with Crippen molar-refractivity contribution < 1.29 is 19.5 Å². The van der Waals surface area contributed by atoms with Gasteiger partial charge in [0.15, 0.2) is 11.5 Å². The topological polar surface area (TPSA) is 67.8 Å². The maximum atomic E-state index is 10.8. The van der Waals surface area contributed by atoms with Crippen LogP contribution in [-0.4, -0.2) is 24.8 Å².